The van der Waals surface area contributed by atoms with Gasteiger partial charge in [-0.15, -0.1) is 12.4 Å². The molecule has 0 aromatic rings. The minimum absolute atomic E-state index is 0. The smallest absolute Gasteiger partial charge is 0.303 e. The predicted molar refractivity (Wildman–Crippen MR) is 38.2 cm³/mol. The third-order valence-electron chi connectivity index (χ3n) is 0.845. The van der Waals surface area contributed by atoms with Gasteiger partial charge in [-0.3, -0.25) is 9.59 Å². The molecule has 0 atom stereocenters. The summed E-state index contributed by atoms with van der Waals surface area (Å²) < 4.78 is 0. The Morgan fingerprint density at radius 1 is 1.30 bits per heavy atom. The number of Topliss-reactive ketones (excluding diaryl/α,β-unsaturated/α-hetero) is 1. The third-order valence-corrected chi connectivity index (χ3v) is 0.845. The van der Waals surface area contributed by atoms with Crippen LogP contribution in [-0.2, 0) is 9.59 Å². The molecule has 0 saturated heterocycles. The molecule has 0 amide bonds. The van der Waals surface area contributed by atoms with Gasteiger partial charge in [-0.05, 0) is 0 Å². The maximum Gasteiger partial charge on any atom is 0.303 e. The van der Waals surface area contributed by atoms with Crippen LogP contribution in [0.25, 0.3) is 0 Å². The Morgan fingerprint density at radius 2 is 1.80 bits per heavy atom. The molecule has 0 aliphatic rings. The van der Waals surface area contributed by atoms with Crippen molar-refractivity contribution in [2.45, 2.75) is 12.8 Å². The average Bonchev–Trinajstić information content (AvgIpc) is 1.83. The van der Waals surface area contributed by atoms with E-state index in [4.69, 9.17) is 10.8 Å². The highest BCUT2D eigenvalue weighted by Gasteiger charge is 2.01. The Hall–Kier alpha value is -0.610. The molecule has 0 unspecified atom stereocenters. The van der Waals surface area contributed by atoms with Crippen LogP contribution in [0.4, 0.5) is 0 Å². The molecule has 5 heteroatoms. The highest BCUT2D eigenvalue weighted by atomic mass is 35.5. The van der Waals surface area contributed by atoms with E-state index in [1.54, 1.807) is 0 Å². The predicted octanol–water partition coefficient (Wildman–Crippen LogP) is -0.199. The molecule has 4 nitrogen and oxygen atoms in total. The Bertz CT molecular complexity index is 126. The molecule has 0 fully saturated rings. The second-order valence-electron chi connectivity index (χ2n) is 1.64. The first kappa shape index (κ1) is 12.1. The molecule has 0 saturated carbocycles. The van der Waals surface area contributed by atoms with Crippen molar-refractivity contribution in [3.05, 3.63) is 0 Å². The number of carbonyl (C=O) groups excluding carboxylic acids is 1. The van der Waals surface area contributed by atoms with Crippen molar-refractivity contribution in [3.8, 4) is 0 Å². The lowest BCUT2D eigenvalue weighted by Crippen LogP contribution is -2.14. The molecule has 10 heavy (non-hydrogen) atoms. The fourth-order valence-corrected chi connectivity index (χ4v) is 0.348. The molecule has 0 spiro atoms. The third kappa shape index (κ3) is 7.39. The number of nitrogens with two attached hydrogens (primary N) is 1. The summed E-state index contributed by atoms with van der Waals surface area (Å²) in [5.41, 5.74) is 4.92. The minimum Gasteiger partial charge on any atom is -0.481 e. The second-order valence-corrected chi connectivity index (χ2v) is 1.64. The van der Waals surface area contributed by atoms with E-state index < -0.39 is 5.97 Å². The van der Waals surface area contributed by atoms with Gasteiger partial charge in [-0.1, -0.05) is 0 Å². The van der Waals surface area contributed by atoms with Crippen LogP contribution in [0, 0.1) is 0 Å². The summed E-state index contributed by atoms with van der Waals surface area (Å²) in [6.07, 6.45) is -0.0676. The van der Waals surface area contributed by atoms with E-state index in [-0.39, 0.29) is 37.6 Å². The van der Waals surface area contributed by atoms with Crippen LogP contribution >= 0.6 is 12.4 Å². The molecule has 0 aromatic carbocycles. The van der Waals surface area contributed by atoms with Crippen molar-refractivity contribution < 1.29 is 14.7 Å². The quantitative estimate of drug-likeness (QED) is 0.570. The number of hydrogen-bond acceptors (Lipinski definition) is 3. The maximum atomic E-state index is 10.3. The lowest BCUT2D eigenvalue weighted by atomic mass is 10.3. The average molecular weight is 169 g/mol. The number of rotatable bonds is 4. The number of carboxylic acids is 1. The second kappa shape index (κ2) is 6.51. The number of hydrogen-bond donors (Lipinski definition) is 2. The van der Waals surface area contributed by atoms with Gasteiger partial charge in [0.05, 0.1) is 13.0 Å². The van der Waals surface area contributed by atoms with Crippen molar-refractivity contribution in [1.82, 2.24) is 0 Å². The zero-order valence-electron chi connectivity index (χ0n) is 5.37. The summed E-state index contributed by atoms with van der Waals surface area (Å²) in [6, 6.07) is 0. The van der Waals surface area contributed by atoms with Crippen molar-refractivity contribution >= 4 is 24.2 Å². The highest BCUT2D eigenvalue weighted by Crippen LogP contribution is 1.87. The molecule has 0 radical (unpaired) electrons. The fraction of sp³-hybridized carbons (Fsp3) is 0.600. The summed E-state index contributed by atoms with van der Waals surface area (Å²) >= 11 is 0. The van der Waals surface area contributed by atoms with Crippen LogP contribution in [0.1, 0.15) is 12.8 Å². The van der Waals surface area contributed by atoms with Gasteiger partial charge in [0.1, 0.15) is 5.78 Å². The first-order valence-electron chi connectivity index (χ1n) is 2.60. The Morgan fingerprint density at radius 3 is 2.10 bits per heavy atom. The van der Waals surface area contributed by atoms with Gasteiger partial charge in [0, 0.05) is 6.42 Å². The van der Waals surface area contributed by atoms with Crippen LogP contribution in [-0.4, -0.2) is 23.4 Å². The number of carboxylic acid groups (broad SMARTS) is 1. The number of aliphatic carboxylic acids is 1. The molecule has 0 aliphatic carbocycles. The summed E-state index contributed by atoms with van der Waals surface area (Å²) in [5.74, 6) is -1.17. The number of carbonyl (C=O) groups is 2. The van der Waals surface area contributed by atoms with Crippen LogP contribution in [0.15, 0.2) is 0 Å². The zero-order valence-corrected chi connectivity index (χ0v) is 6.19. The van der Waals surface area contributed by atoms with E-state index in [2.05, 4.69) is 0 Å². The van der Waals surface area contributed by atoms with E-state index in [0.29, 0.717) is 0 Å². The van der Waals surface area contributed by atoms with E-state index in [1.807, 2.05) is 0 Å². The number of ketones is 1. The summed E-state index contributed by atoms with van der Waals surface area (Å²) in [4.78, 5) is 20.2. The molecule has 3 N–H and O–H groups in total. The molecule has 0 rings (SSSR count). The molecule has 0 aliphatic heterocycles. The molecular formula is C5H10ClNO3. The molecule has 60 valence electrons. The van der Waals surface area contributed by atoms with E-state index in [9.17, 15) is 9.59 Å². The molecule has 0 aromatic heterocycles. The Balaban J connectivity index is 0. The van der Waals surface area contributed by atoms with Gasteiger partial charge in [-0.25, -0.2) is 0 Å². The van der Waals surface area contributed by atoms with Crippen LogP contribution in [0.2, 0.25) is 0 Å². The van der Waals surface area contributed by atoms with Crippen molar-refractivity contribution in [1.29, 1.82) is 0 Å². The Kier molecular flexibility index (Phi) is 7.88. The monoisotopic (exact) mass is 168 g/mol. The zero-order chi connectivity index (χ0) is 7.28. The van der Waals surface area contributed by atoms with Gasteiger partial charge < -0.3 is 10.8 Å². The SMILES string of the molecule is Cl.NCC(=O)CC[13C](=O)O. The van der Waals surface area contributed by atoms with Gasteiger partial charge in [0.2, 0.25) is 0 Å². The van der Waals surface area contributed by atoms with Crippen molar-refractivity contribution in [2.75, 3.05) is 6.54 Å². The maximum absolute atomic E-state index is 10.3. The molecule has 0 bridgehead atoms. The fourth-order valence-electron chi connectivity index (χ4n) is 0.348. The first-order chi connectivity index (χ1) is 4.16. The minimum atomic E-state index is -0.961. The van der Waals surface area contributed by atoms with Gasteiger partial charge in [0.25, 0.3) is 0 Å². The summed E-state index contributed by atoms with van der Waals surface area (Å²) in [5, 5.41) is 8.06. The van der Waals surface area contributed by atoms with Crippen molar-refractivity contribution in [3.63, 3.8) is 0 Å². The summed E-state index contributed by atoms with van der Waals surface area (Å²) in [7, 11) is 0. The van der Waals surface area contributed by atoms with Crippen LogP contribution < -0.4 is 5.73 Å². The van der Waals surface area contributed by atoms with Crippen LogP contribution in [0.5, 0.6) is 0 Å². The highest BCUT2D eigenvalue weighted by molar-refractivity contribution is 5.85. The van der Waals surface area contributed by atoms with Gasteiger partial charge in [0.15, 0.2) is 0 Å². The normalized spacial score (nSPS) is 8.10. The van der Waals surface area contributed by atoms with E-state index >= 15 is 0 Å². The largest absolute Gasteiger partial charge is 0.481 e. The van der Waals surface area contributed by atoms with Gasteiger partial charge in [-0.2, -0.15) is 0 Å². The number of halogens is 1. The van der Waals surface area contributed by atoms with E-state index in [1.165, 1.54) is 0 Å². The van der Waals surface area contributed by atoms with Crippen molar-refractivity contribution in [2.24, 2.45) is 5.73 Å². The lowest BCUT2D eigenvalue weighted by Gasteiger charge is -1.90. The topological polar surface area (TPSA) is 80.4 Å². The Labute approximate surface area is 64.8 Å². The van der Waals surface area contributed by atoms with E-state index in [0.717, 1.165) is 0 Å². The lowest BCUT2D eigenvalue weighted by molar-refractivity contribution is -0.138. The van der Waals surface area contributed by atoms with Crippen LogP contribution in [0.3, 0.4) is 0 Å². The summed E-state index contributed by atoms with van der Waals surface area (Å²) in [6.45, 7) is -0.0622. The molecular weight excluding hydrogens is 159 g/mol. The first-order valence-corrected chi connectivity index (χ1v) is 2.60. The standard InChI is InChI=1S/C5H9NO3.ClH/c6-3-4(7)1-2-5(8)9;/h1-3,6H2,(H,8,9);1H/i5+1;. The van der Waals surface area contributed by atoms with Gasteiger partial charge >= 0.3 is 5.97 Å². The molecule has 0 heterocycles.